The van der Waals surface area contributed by atoms with Gasteiger partial charge in [0, 0.05) is 17.2 Å². The molecule has 0 saturated carbocycles. The van der Waals surface area contributed by atoms with Crippen molar-refractivity contribution in [2.45, 2.75) is 0 Å². The zero-order valence-corrected chi connectivity index (χ0v) is 16.1. The summed E-state index contributed by atoms with van der Waals surface area (Å²) in [5.74, 6) is 0.200. The normalized spacial score (nSPS) is 10.4. The Balaban J connectivity index is 1.47. The molecule has 0 bridgehead atoms. The van der Waals surface area contributed by atoms with Crippen LogP contribution in [0.5, 0.6) is 5.75 Å². The molecule has 0 aliphatic heterocycles. The highest BCUT2D eigenvalue weighted by Gasteiger charge is 2.12. The molecule has 0 radical (unpaired) electrons. The Morgan fingerprint density at radius 2 is 1.40 bits per heavy atom. The Labute approximate surface area is 172 Å². The summed E-state index contributed by atoms with van der Waals surface area (Å²) in [6.07, 6.45) is 0. The van der Waals surface area contributed by atoms with Crippen molar-refractivity contribution in [3.05, 3.63) is 96.1 Å². The smallest absolute Gasteiger partial charge is 0.343 e. The molecule has 0 N–H and O–H groups in total. The third-order valence-corrected chi connectivity index (χ3v) is 4.47. The molecule has 0 amide bonds. The van der Waals surface area contributed by atoms with Gasteiger partial charge in [-0.1, -0.05) is 35.5 Å². The number of nitrogens with zero attached hydrogens (tertiary/aromatic N) is 1. The molecule has 6 heteroatoms. The minimum Gasteiger partial charge on any atom is -0.465 e. The van der Waals surface area contributed by atoms with Crippen LogP contribution in [-0.4, -0.2) is 24.2 Å². The highest BCUT2D eigenvalue weighted by Crippen LogP contribution is 2.27. The number of hydrogen-bond donors (Lipinski definition) is 0. The van der Waals surface area contributed by atoms with E-state index in [1.54, 1.807) is 78.9 Å². The largest absolute Gasteiger partial charge is 0.465 e. The van der Waals surface area contributed by atoms with E-state index in [0.717, 1.165) is 11.1 Å². The SMILES string of the molecule is COC(=O)c1ccc(-c2cc(-c3ccc(OC(=O)c4ccccc4)cc3)no2)cc1. The van der Waals surface area contributed by atoms with Gasteiger partial charge < -0.3 is 14.0 Å². The van der Waals surface area contributed by atoms with Crippen LogP contribution in [0.3, 0.4) is 0 Å². The van der Waals surface area contributed by atoms with Crippen LogP contribution in [0.25, 0.3) is 22.6 Å². The Morgan fingerprint density at radius 3 is 2.07 bits per heavy atom. The number of carbonyl (C=O) groups is 2. The lowest BCUT2D eigenvalue weighted by Gasteiger charge is -2.04. The van der Waals surface area contributed by atoms with E-state index >= 15 is 0 Å². The van der Waals surface area contributed by atoms with Gasteiger partial charge in [-0.15, -0.1) is 0 Å². The fraction of sp³-hybridized carbons (Fsp3) is 0.0417. The topological polar surface area (TPSA) is 78.6 Å². The van der Waals surface area contributed by atoms with Crippen LogP contribution in [0.1, 0.15) is 20.7 Å². The first kappa shape index (κ1) is 19.1. The van der Waals surface area contributed by atoms with Crippen LogP contribution >= 0.6 is 0 Å². The summed E-state index contributed by atoms with van der Waals surface area (Å²) in [4.78, 5) is 23.7. The van der Waals surface area contributed by atoms with Crippen LogP contribution in [0, 0.1) is 0 Å². The van der Waals surface area contributed by atoms with Gasteiger partial charge in [0.1, 0.15) is 11.4 Å². The predicted molar refractivity (Wildman–Crippen MR) is 110 cm³/mol. The van der Waals surface area contributed by atoms with Crippen molar-refractivity contribution in [2.75, 3.05) is 7.11 Å². The fourth-order valence-electron chi connectivity index (χ4n) is 2.87. The second-order valence-electron chi connectivity index (χ2n) is 6.43. The second-order valence-corrected chi connectivity index (χ2v) is 6.43. The van der Waals surface area contributed by atoms with Gasteiger partial charge in [0.2, 0.25) is 0 Å². The van der Waals surface area contributed by atoms with Crippen molar-refractivity contribution >= 4 is 11.9 Å². The number of benzene rings is 3. The summed E-state index contributed by atoms with van der Waals surface area (Å²) in [7, 11) is 1.34. The minimum atomic E-state index is -0.414. The van der Waals surface area contributed by atoms with Gasteiger partial charge in [0.05, 0.1) is 18.2 Å². The first-order valence-electron chi connectivity index (χ1n) is 9.17. The van der Waals surface area contributed by atoms with Crippen molar-refractivity contribution in [3.8, 4) is 28.3 Å². The Morgan fingerprint density at radius 1 is 0.767 bits per heavy atom. The molecule has 30 heavy (non-hydrogen) atoms. The predicted octanol–water partition coefficient (Wildman–Crippen LogP) is 5.01. The number of carbonyl (C=O) groups excluding carboxylic acids is 2. The molecular formula is C24H17NO5. The standard InChI is InChI=1S/C24H17NO5/c1-28-23(26)19-9-7-17(8-10-19)22-15-21(25-30-22)16-11-13-20(14-12-16)29-24(27)18-5-3-2-4-6-18/h2-15H,1H3. The van der Waals surface area contributed by atoms with E-state index in [0.29, 0.717) is 28.3 Å². The Kier molecular flexibility index (Phi) is 5.39. The van der Waals surface area contributed by atoms with Gasteiger partial charge in [-0.3, -0.25) is 0 Å². The average Bonchev–Trinajstić information content (AvgIpc) is 3.30. The summed E-state index contributed by atoms with van der Waals surface area (Å²) < 4.78 is 15.5. The Hall–Kier alpha value is -4.19. The summed E-state index contributed by atoms with van der Waals surface area (Å²) in [5.41, 5.74) is 3.19. The molecule has 0 fully saturated rings. The molecule has 148 valence electrons. The molecule has 1 aromatic heterocycles. The van der Waals surface area contributed by atoms with Crippen LogP contribution in [-0.2, 0) is 4.74 Å². The summed E-state index contributed by atoms with van der Waals surface area (Å²) in [5, 5.41) is 4.10. The van der Waals surface area contributed by atoms with Crippen LogP contribution in [0.4, 0.5) is 0 Å². The maximum atomic E-state index is 12.1. The summed E-state index contributed by atoms with van der Waals surface area (Å²) in [6.45, 7) is 0. The van der Waals surface area contributed by atoms with Crippen LogP contribution in [0.15, 0.2) is 89.5 Å². The van der Waals surface area contributed by atoms with E-state index in [1.807, 2.05) is 6.07 Å². The van der Waals surface area contributed by atoms with Gasteiger partial charge >= 0.3 is 11.9 Å². The molecule has 0 spiro atoms. The van der Waals surface area contributed by atoms with E-state index < -0.39 is 11.9 Å². The Bertz CT molecular complexity index is 1160. The molecule has 6 nitrogen and oxygen atoms in total. The molecule has 3 aromatic carbocycles. The van der Waals surface area contributed by atoms with Crippen molar-refractivity contribution in [1.29, 1.82) is 0 Å². The number of esters is 2. The van der Waals surface area contributed by atoms with Gasteiger partial charge in [-0.25, -0.2) is 9.59 Å². The van der Waals surface area contributed by atoms with Crippen LogP contribution in [0.2, 0.25) is 0 Å². The molecule has 0 aliphatic rings. The summed E-state index contributed by atoms with van der Waals surface area (Å²) in [6, 6.07) is 24.5. The molecule has 0 aliphatic carbocycles. The third kappa shape index (κ3) is 4.12. The van der Waals surface area contributed by atoms with Crippen LogP contribution < -0.4 is 4.74 Å². The van der Waals surface area contributed by atoms with Crippen molar-refractivity contribution in [3.63, 3.8) is 0 Å². The fourth-order valence-corrected chi connectivity index (χ4v) is 2.87. The maximum absolute atomic E-state index is 12.1. The van der Waals surface area contributed by atoms with Gasteiger partial charge in [0.25, 0.3) is 0 Å². The van der Waals surface area contributed by atoms with E-state index in [1.165, 1.54) is 7.11 Å². The zero-order valence-electron chi connectivity index (χ0n) is 16.1. The molecule has 4 aromatic rings. The highest BCUT2D eigenvalue weighted by molar-refractivity contribution is 5.91. The molecule has 0 saturated heterocycles. The number of hydrogen-bond acceptors (Lipinski definition) is 6. The molecule has 0 unspecified atom stereocenters. The van der Waals surface area contributed by atoms with E-state index in [9.17, 15) is 9.59 Å². The third-order valence-electron chi connectivity index (χ3n) is 4.47. The zero-order chi connectivity index (χ0) is 20.9. The lowest BCUT2D eigenvalue weighted by atomic mass is 10.1. The van der Waals surface area contributed by atoms with Gasteiger partial charge in [-0.2, -0.15) is 0 Å². The molecule has 0 atom stereocenters. The molecule has 1 heterocycles. The van der Waals surface area contributed by atoms with E-state index in [2.05, 4.69) is 5.16 Å². The monoisotopic (exact) mass is 399 g/mol. The first-order chi connectivity index (χ1) is 14.6. The van der Waals surface area contributed by atoms with E-state index in [-0.39, 0.29) is 0 Å². The van der Waals surface area contributed by atoms with Gasteiger partial charge in [0.15, 0.2) is 5.76 Å². The summed E-state index contributed by atoms with van der Waals surface area (Å²) >= 11 is 0. The second kappa shape index (κ2) is 8.45. The number of ether oxygens (including phenoxy) is 2. The van der Waals surface area contributed by atoms with Crippen molar-refractivity contribution < 1.29 is 23.6 Å². The first-order valence-corrected chi connectivity index (χ1v) is 9.17. The average molecular weight is 399 g/mol. The lowest BCUT2D eigenvalue weighted by Crippen LogP contribution is -2.07. The lowest BCUT2D eigenvalue weighted by molar-refractivity contribution is 0.0600. The molecule has 4 rings (SSSR count). The number of methoxy groups -OCH3 is 1. The minimum absolute atomic E-state index is 0.395. The highest BCUT2D eigenvalue weighted by atomic mass is 16.5. The molecular weight excluding hydrogens is 382 g/mol. The van der Waals surface area contributed by atoms with Crippen molar-refractivity contribution in [1.82, 2.24) is 5.16 Å². The van der Waals surface area contributed by atoms with E-state index in [4.69, 9.17) is 14.0 Å². The number of aromatic nitrogens is 1. The maximum Gasteiger partial charge on any atom is 0.343 e. The van der Waals surface area contributed by atoms with Gasteiger partial charge in [-0.05, 0) is 48.5 Å². The number of rotatable bonds is 5. The van der Waals surface area contributed by atoms with Crippen molar-refractivity contribution in [2.24, 2.45) is 0 Å². The quantitative estimate of drug-likeness (QED) is 0.347.